The third-order valence-corrected chi connectivity index (χ3v) is 0.771. The summed E-state index contributed by atoms with van der Waals surface area (Å²) in [6.45, 7) is 1.56. The quantitative estimate of drug-likeness (QED) is 0.252. The Kier molecular flexibility index (Phi) is 3.27. The van der Waals surface area contributed by atoms with Crippen LogP contribution in [0.3, 0.4) is 0 Å². The van der Waals surface area contributed by atoms with E-state index < -0.39 is 11.6 Å². The zero-order chi connectivity index (χ0) is 7.28. The first-order chi connectivity index (χ1) is 4.22. The lowest BCUT2D eigenvalue weighted by atomic mass is 10.2. The molecule has 0 fully saturated rings. The molecule has 1 N–H and O–H groups in total. The Bertz CT molecular complexity index is 150. The van der Waals surface area contributed by atoms with Crippen LogP contribution in [0.15, 0.2) is 5.16 Å². The summed E-state index contributed by atoms with van der Waals surface area (Å²) in [5.74, 6) is -1.31. The summed E-state index contributed by atoms with van der Waals surface area (Å²) in [6, 6.07) is 0. The largest absolute Gasteiger partial charge is 0.411 e. The molecular formula is C5H7NO3. The second kappa shape index (κ2) is 3.77. The van der Waals surface area contributed by atoms with Gasteiger partial charge in [0.2, 0.25) is 11.6 Å². The Balaban J connectivity index is 3.89. The number of hydrogen-bond donors (Lipinski definition) is 1. The van der Waals surface area contributed by atoms with E-state index in [1.54, 1.807) is 6.92 Å². The number of rotatable bonds is 3. The summed E-state index contributed by atoms with van der Waals surface area (Å²) in [4.78, 5) is 20.7. The second-order valence-corrected chi connectivity index (χ2v) is 1.39. The van der Waals surface area contributed by atoms with Crippen molar-refractivity contribution in [2.45, 2.75) is 13.3 Å². The van der Waals surface area contributed by atoms with Gasteiger partial charge < -0.3 is 5.21 Å². The zero-order valence-electron chi connectivity index (χ0n) is 5.00. The number of nitrogens with zero attached hydrogens (tertiary/aromatic N) is 1. The molecule has 0 amide bonds. The van der Waals surface area contributed by atoms with Crippen LogP contribution in [0.5, 0.6) is 0 Å². The molecule has 4 nitrogen and oxygen atoms in total. The minimum Gasteiger partial charge on any atom is -0.411 e. The Hall–Kier alpha value is -1.19. The van der Waals surface area contributed by atoms with Gasteiger partial charge in [-0.1, -0.05) is 12.1 Å². The molecule has 0 aromatic heterocycles. The van der Waals surface area contributed by atoms with Crippen LogP contribution in [0, 0.1) is 0 Å². The number of carbonyl (C=O) groups is 2. The van der Waals surface area contributed by atoms with Gasteiger partial charge in [-0.05, 0) is 0 Å². The van der Waals surface area contributed by atoms with Crippen LogP contribution < -0.4 is 0 Å². The topological polar surface area (TPSA) is 66.7 Å². The molecule has 0 aliphatic heterocycles. The van der Waals surface area contributed by atoms with Gasteiger partial charge in [0.15, 0.2) is 0 Å². The average Bonchev–Trinajstić information content (AvgIpc) is 1.87. The first kappa shape index (κ1) is 7.81. The average molecular weight is 129 g/mol. The SMILES string of the molecule is CCC(=O)C(=O)C=NO. The summed E-state index contributed by atoms with van der Waals surface area (Å²) in [6.07, 6.45) is 0.733. The standard InChI is InChI=1S/C5H7NO3/c1-2-4(7)5(8)3-6-9/h3,9H,2H2,1H3. The van der Waals surface area contributed by atoms with E-state index in [4.69, 9.17) is 5.21 Å². The number of Topliss-reactive ketones (excluding diaryl/α,β-unsaturated/α-hetero) is 2. The Morgan fingerprint density at radius 1 is 1.67 bits per heavy atom. The molecule has 0 saturated heterocycles. The van der Waals surface area contributed by atoms with Gasteiger partial charge in [0, 0.05) is 6.42 Å². The monoisotopic (exact) mass is 129 g/mol. The van der Waals surface area contributed by atoms with Crippen molar-refractivity contribution in [3.05, 3.63) is 0 Å². The van der Waals surface area contributed by atoms with Crippen LogP contribution in [0.4, 0.5) is 0 Å². The smallest absolute Gasteiger partial charge is 0.242 e. The van der Waals surface area contributed by atoms with Gasteiger partial charge in [-0.15, -0.1) is 0 Å². The molecule has 0 heterocycles. The molecular weight excluding hydrogens is 122 g/mol. The lowest BCUT2D eigenvalue weighted by Crippen LogP contribution is -2.12. The number of ketones is 2. The van der Waals surface area contributed by atoms with E-state index in [-0.39, 0.29) is 6.42 Å². The first-order valence-electron chi connectivity index (χ1n) is 2.47. The number of carbonyl (C=O) groups excluding carboxylic acids is 2. The normalized spacial score (nSPS) is 9.89. The van der Waals surface area contributed by atoms with E-state index in [1.165, 1.54) is 0 Å². The van der Waals surface area contributed by atoms with Crippen molar-refractivity contribution in [2.24, 2.45) is 5.16 Å². The fourth-order valence-electron chi connectivity index (χ4n) is 0.299. The lowest BCUT2D eigenvalue weighted by molar-refractivity contribution is -0.132. The maximum absolute atomic E-state index is 10.3. The molecule has 0 rings (SSSR count). The Labute approximate surface area is 52.2 Å². The summed E-state index contributed by atoms with van der Waals surface area (Å²) in [5.41, 5.74) is 0. The van der Waals surface area contributed by atoms with Crippen molar-refractivity contribution in [1.82, 2.24) is 0 Å². The highest BCUT2D eigenvalue weighted by molar-refractivity contribution is 6.58. The van der Waals surface area contributed by atoms with Crippen LogP contribution in [0.1, 0.15) is 13.3 Å². The van der Waals surface area contributed by atoms with Crippen molar-refractivity contribution in [3.8, 4) is 0 Å². The molecule has 0 aromatic carbocycles. The molecule has 0 radical (unpaired) electrons. The Morgan fingerprint density at radius 3 is 2.56 bits per heavy atom. The van der Waals surface area contributed by atoms with Gasteiger partial charge in [0.1, 0.15) is 6.21 Å². The van der Waals surface area contributed by atoms with Crippen LogP contribution in [0.25, 0.3) is 0 Å². The molecule has 0 saturated carbocycles. The van der Waals surface area contributed by atoms with Gasteiger partial charge in [0.05, 0.1) is 0 Å². The summed E-state index contributed by atoms with van der Waals surface area (Å²) in [7, 11) is 0. The predicted octanol–water partition coefficient (Wildman–Crippen LogP) is -0.00540. The van der Waals surface area contributed by atoms with E-state index in [9.17, 15) is 9.59 Å². The molecule has 0 unspecified atom stereocenters. The van der Waals surface area contributed by atoms with Gasteiger partial charge in [0.25, 0.3) is 0 Å². The third-order valence-electron chi connectivity index (χ3n) is 0.771. The minimum atomic E-state index is -0.764. The molecule has 0 aliphatic carbocycles. The molecule has 0 aromatic rings. The van der Waals surface area contributed by atoms with Crippen molar-refractivity contribution in [2.75, 3.05) is 0 Å². The highest BCUT2D eigenvalue weighted by Gasteiger charge is 2.06. The molecule has 0 atom stereocenters. The minimum absolute atomic E-state index is 0.144. The fourth-order valence-corrected chi connectivity index (χ4v) is 0.299. The fraction of sp³-hybridized carbons (Fsp3) is 0.400. The maximum Gasteiger partial charge on any atom is 0.242 e. The molecule has 4 heteroatoms. The zero-order valence-corrected chi connectivity index (χ0v) is 5.00. The van der Waals surface area contributed by atoms with E-state index >= 15 is 0 Å². The lowest BCUT2D eigenvalue weighted by Gasteiger charge is -1.83. The van der Waals surface area contributed by atoms with Crippen molar-refractivity contribution < 1.29 is 14.8 Å². The highest BCUT2D eigenvalue weighted by Crippen LogP contribution is 1.79. The van der Waals surface area contributed by atoms with E-state index in [2.05, 4.69) is 5.16 Å². The van der Waals surface area contributed by atoms with Crippen LogP contribution in [0.2, 0.25) is 0 Å². The van der Waals surface area contributed by atoms with Crippen LogP contribution in [-0.4, -0.2) is 23.0 Å². The highest BCUT2D eigenvalue weighted by atomic mass is 16.4. The summed E-state index contributed by atoms with van der Waals surface area (Å²) >= 11 is 0. The third kappa shape index (κ3) is 2.58. The maximum atomic E-state index is 10.3. The predicted molar refractivity (Wildman–Crippen MR) is 30.6 cm³/mol. The van der Waals surface area contributed by atoms with Gasteiger partial charge in [-0.25, -0.2) is 0 Å². The van der Waals surface area contributed by atoms with Crippen LogP contribution in [-0.2, 0) is 9.59 Å². The van der Waals surface area contributed by atoms with E-state index in [0.29, 0.717) is 6.21 Å². The van der Waals surface area contributed by atoms with Gasteiger partial charge in [-0.2, -0.15) is 0 Å². The van der Waals surface area contributed by atoms with E-state index in [1.807, 2.05) is 0 Å². The van der Waals surface area contributed by atoms with Crippen LogP contribution >= 0.6 is 0 Å². The number of hydrogen-bond acceptors (Lipinski definition) is 4. The Morgan fingerprint density at radius 2 is 2.22 bits per heavy atom. The molecule has 0 spiro atoms. The summed E-state index contributed by atoms with van der Waals surface area (Å²) in [5, 5.41) is 10.2. The van der Waals surface area contributed by atoms with Crippen molar-refractivity contribution in [3.63, 3.8) is 0 Å². The van der Waals surface area contributed by atoms with Gasteiger partial charge in [-0.3, -0.25) is 9.59 Å². The summed E-state index contributed by atoms with van der Waals surface area (Å²) < 4.78 is 0. The molecule has 50 valence electrons. The van der Waals surface area contributed by atoms with Crippen molar-refractivity contribution >= 4 is 17.8 Å². The first-order valence-corrected chi connectivity index (χ1v) is 2.47. The molecule has 0 aliphatic rings. The van der Waals surface area contributed by atoms with E-state index in [0.717, 1.165) is 0 Å². The molecule has 0 bridgehead atoms. The molecule has 9 heavy (non-hydrogen) atoms. The number of oxime groups is 1. The second-order valence-electron chi connectivity index (χ2n) is 1.39. The van der Waals surface area contributed by atoms with Crippen molar-refractivity contribution in [1.29, 1.82) is 0 Å². The van der Waals surface area contributed by atoms with Gasteiger partial charge >= 0.3 is 0 Å².